The normalized spacial score (nSPS) is 8.33. The fourth-order valence-electron chi connectivity index (χ4n) is 0.247. The molecule has 0 atom stereocenters. The summed E-state index contributed by atoms with van der Waals surface area (Å²) >= 11 is 0. The van der Waals surface area contributed by atoms with Gasteiger partial charge in [0.2, 0.25) is 0 Å². The molecule has 1 nitrogen and oxygen atoms in total. The minimum atomic E-state index is 0.944. The fraction of sp³-hybridized carbons (Fsp3) is 0.545. The van der Waals surface area contributed by atoms with Crippen molar-refractivity contribution in [2.45, 2.75) is 41.5 Å². The van der Waals surface area contributed by atoms with E-state index in [1.54, 1.807) is 0 Å². The minimum absolute atomic E-state index is 0.944. The second-order valence-electron chi connectivity index (χ2n) is 1.68. The predicted octanol–water partition coefficient (Wildman–Crippen LogP) is 4.22. The van der Waals surface area contributed by atoms with Gasteiger partial charge < -0.3 is 0 Å². The van der Waals surface area contributed by atoms with E-state index in [2.05, 4.69) is 18.2 Å². The number of nitrogens with zero attached hydrogens (tertiary/aromatic N) is 1. The molecular weight excluding hydrogens is 146 g/mol. The first-order valence-electron chi connectivity index (χ1n) is 4.49. The molecule has 0 heterocycles. The highest BCUT2D eigenvalue weighted by molar-refractivity contribution is 5.97. The first-order chi connectivity index (χ1) is 5.68. The van der Waals surface area contributed by atoms with Crippen LogP contribution < -0.4 is 0 Å². The van der Waals surface area contributed by atoms with Gasteiger partial charge >= 0.3 is 0 Å². The van der Waals surface area contributed by atoms with Crippen LogP contribution in [0.2, 0.25) is 0 Å². The summed E-state index contributed by atoms with van der Waals surface area (Å²) in [5.41, 5.74) is 1.94. The largest absolute Gasteiger partial charge is 0.262 e. The molecule has 0 spiro atoms. The van der Waals surface area contributed by atoms with Crippen molar-refractivity contribution in [3.63, 3.8) is 0 Å². The van der Waals surface area contributed by atoms with Gasteiger partial charge in [0.25, 0.3) is 0 Å². The second kappa shape index (κ2) is 16.6. The Balaban J connectivity index is -0.000000175. The van der Waals surface area contributed by atoms with Crippen molar-refractivity contribution >= 4 is 5.71 Å². The van der Waals surface area contributed by atoms with Gasteiger partial charge in [-0.05, 0) is 19.4 Å². The number of rotatable bonds is 2. The van der Waals surface area contributed by atoms with Crippen LogP contribution >= 0.6 is 0 Å². The highest BCUT2D eigenvalue weighted by Gasteiger charge is 1.84. The SMILES string of the molecule is C=CN=C(C)C(=C)C.CC.CC. The van der Waals surface area contributed by atoms with Crippen molar-refractivity contribution in [2.24, 2.45) is 4.99 Å². The molecule has 0 saturated carbocycles. The Morgan fingerprint density at radius 1 is 1.08 bits per heavy atom. The van der Waals surface area contributed by atoms with Crippen LogP contribution in [0.4, 0.5) is 0 Å². The van der Waals surface area contributed by atoms with Crippen molar-refractivity contribution in [3.8, 4) is 0 Å². The molecule has 0 aliphatic rings. The zero-order valence-electron chi connectivity index (χ0n) is 9.44. The summed E-state index contributed by atoms with van der Waals surface area (Å²) in [5.74, 6) is 0. The van der Waals surface area contributed by atoms with Gasteiger partial charge in [0.1, 0.15) is 0 Å². The van der Waals surface area contributed by atoms with E-state index in [1.807, 2.05) is 41.5 Å². The lowest BCUT2D eigenvalue weighted by atomic mass is 10.2. The molecule has 12 heavy (non-hydrogen) atoms. The smallest absolute Gasteiger partial charge is 0.0395 e. The summed E-state index contributed by atoms with van der Waals surface area (Å²) in [7, 11) is 0. The first kappa shape index (κ1) is 17.3. The lowest BCUT2D eigenvalue weighted by Gasteiger charge is -1.91. The molecule has 0 aliphatic carbocycles. The highest BCUT2D eigenvalue weighted by atomic mass is 14.7. The Hall–Kier alpha value is -0.850. The van der Waals surface area contributed by atoms with E-state index in [0.29, 0.717) is 0 Å². The van der Waals surface area contributed by atoms with Gasteiger partial charge in [-0.1, -0.05) is 40.9 Å². The summed E-state index contributed by atoms with van der Waals surface area (Å²) < 4.78 is 0. The molecule has 0 aromatic rings. The Kier molecular flexibility index (Phi) is 24.0. The monoisotopic (exact) mass is 169 g/mol. The maximum absolute atomic E-state index is 3.91. The van der Waals surface area contributed by atoms with Crippen LogP contribution in [0.25, 0.3) is 0 Å². The molecule has 0 aliphatic heterocycles. The zero-order valence-corrected chi connectivity index (χ0v) is 9.44. The second-order valence-corrected chi connectivity index (χ2v) is 1.68. The van der Waals surface area contributed by atoms with Crippen molar-refractivity contribution in [3.05, 3.63) is 24.9 Å². The molecular formula is C11H23N. The van der Waals surface area contributed by atoms with Crippen molar-refractivity contribution in [2.75, 3.05) is 0 Å². The Bertz CT molecular complexity index is 132. The number of hydrogen-bond donors (Lipinski definition) is 0. The third-order valence-electron chi connectivity index (χ3n) is 0.903. The molecule has 1 heteroatoms. The quantitative estimate of drug-likeness (QED) is 0.549. The molecule has 0 bridgehead atoms. The molecule has 0 rings (SSSR count). The van der Waals surface area contributed by atoms with Crippen LogP contribution in [-0.4, -0.2) is 5.71 Å². The van der Waals surface area contributed by atoms with Gasteiger partial charge in [0.05, 0.1) is 0 Å². The van der Waals surface area contributed by atoms with Gasteiger partial charge in [-0.3, -0.25) is 4.99 Å². The van der Waals surface area contributed by atoms with Crippen LogP contribution in [0.15, 0.2) is 29.9 Å². The zero-order chi connectivity index (χ0) is 10.6. The average Bonchev–Trinajstić information content (AvgIpc) is 2.12. The van der Waals surface area contributed by atoms with Crippen LogP contribution in [0.1, 0.15) is 41.5 Å². The van der Waals surface area contributed by atoms with Crippen molar-refractivity contribution in [1.29, 1.82) is 0 Å². The Morgan fingerprint density at radius 3 is 1.50 bits per heavy atom. The molecule has 0 amide bonds. The van der Waals surface area contributed by atoms with Crippen LogP contribution in [-0.2, 0) is 0 Å². The van der Waals surface area contributed by atoms with Gasteiger partial charge in [-0.2, -0.15) is 0 Å². The van der Waals surface area contributed by atoms with Crippen molar-refractivity contribution in [1.82, 2.24) is 0 Å². The minimum Gasteiger partial charge on any atom is -0.262 e. The van der Waals surface area contributed by atoms with Gasteiger partial charge in [-0.25, -0.2) is 0 Å². The third kappa shape index (κ3) is 16.1. The highest BCUT2D eigenvalue weighted by Crippen LogP contribution is 1.90. The fourth-order valence-corrected chi connectivity index (χ4v) is 0.247. The van der Waals surface area contributed by atoms with Gasteiger partial charge in [0, 0.05) is 11.9 Å². The number of allylic oxidation sites excluding steroid dienone is 1. The lowest BCUT2D eigenvalue weighted by Crippen LogP contribution is -1.88. The Morgan fingerprint density at radius 2 is 1.42 bits per heavy atom. The van der Waals surface area contributed by atoms with E-state index in [9.17, 15) is 0 Å². The molecule has 0 saturated heterocycles. The lowest BCUT2D eigenvalue weighted by molar-refractivity contribution is 1.48. The van der Waals surface area contributed by atoms with E-state index >= 15 is 0 Å². The molecule has 0 fully saturated rings. The Labute approximate surface area is 77.9 Å². The van der Waals surface area contributed by atoms with E-state index in [-0.39, 0.29) is 0 Å². The maximum atomic E-state index is 3.91. The summed E-state index contributed by atoms with van der Waals surface area (Å²) in [5, 5.41) is 0. The molecule has 0 radical (unpaired) electrons. The summed E-state index contributed by atoms with van der Waals surface area (Å²) in [6.45, 7) is 19.0. The van der Waals surface area contributed by atoms with Crippen LogP contribution in [0.3, 0.4) is 0 Å². The summed E-state index contributed by atoms with van der Waals surface area (Å²) in [4.78, 5) is 3.91. The topological polar surface area (TPSA) is 12.4 Å². The molecule has 0 aromatic carbocycles. The average molecular weight is 169 g/mol. The third-order valence-corrected chi connectivity index (χ3v) is 0.903. The number of hydrogen-bond acceptors (Lipinski definition) is 1. The standard InChI is InChI=1S/C7H11N.2C2H6/c1-5-8-7(4)6(2)3;2*1-2/h5H,1-2H2,3-4H3;2*1-2H3. The first-order valence-corrected chi connectivity index (χ1v) is 4.49. The van der Waals surface area contributed by atoms with Crippen molar-refractivity contribution < 1.29 is 0 Å². The van der Waals surface area contributed by atoms with E-state index < -0.39 is 0 Å². The van der Waals surface area contributed by atoms with E-state index in [0.717, 1.165) is 11.3 Å². The molecule has 72 valence electrons. The number of aliphatic imine (C=N–C) groups is 1. The molecule has 0 unspecified atom stereocenters. The van der Waals surface area contributed by atoms with E-state index in [4.69, 9.17) is 0 Å². The molecule has 0 N–H and O–H groups in total. The van der Waals surface area contributed by atoms with Gasteiger partial charge in [-0.15, -0.1) is 0 Å². The maximum Gasteiger partial charge on any atom is 0.0395 e. The van der Waals surface area contributed by atoms with E-state index in [1.165, 1.54) is 6.20 Å². The predicted molar refractivity (Wildman–Crippen MR) is 60.8 cm³/mol. The summed E-state index contributed by atoms with van der Waals surface area (Å²) in [6.07, 6.45) is 1.52. The van der Waals surface area contributed by atoms with Crippen LogP contribution in [0.5, 0.6) is 0 Å². The summed E-state index contributed by atoms with van der Waals surface area (Å²) in [6, 6.07) is 0. The van der Waals surface area contributed by atoms with Crippen LogP contribution in [0, 0.1) is 0 Å². The van der Waals surface area contributed by atoms with Gasteiger partial charge in [0.15, 0.2) is 0 Å². The molecule has 0 aromatic heterocycles.